The highest BCUT2D eigenvalue weighted by atomic mass is 32.1. The fourth-order valence-electron chi connectivity index (χ4n) is 3.62. The van der Waals surface area contributed by atoms with E-state index in [2.05, 4.69) is 11.0 Å². The largest absolute Gasteiger partial charge is 0.497 e. The van der Waals surface area contributed by atoms with Gasteiger partial charge in [0, 0.05) is 32.2 Å². The van der Waals surface area contributed by atoms with E-state index in [0.717, 1.165) is 65.1 Å². The summed E-state index contributed by atoms with van der Waals surface area (Å²) in [6.07, 6.45) is 0.365. The molecule has 158 valence electrons. The average molecular weight is 426 g/mol. The number of morpholine rings is 1. The van der Waals surface area contributed by atoms with Gasteiger partial charge in [0.25, 0.3) is 0 Å². The summed E-state index contributed by atoms with van der Waals surface area (Å²) in [5, 5.41) is 0.740. The Morgan fingerprint density at radius 2 is 2.07 bits per heavy atom. The molecule has 0 radical (unpaired) electrons. The molecule has 0 spiro atoms. The van der Waals surface area contributed by atoms with E-state index in [4.69, 9.17) is 14.5 Å². The van der Waals surface area contributed by atoms with E-state index in [1.807, 2.05) is 48.2 Å². The second-order valence-electron chi connectivity index (χ2n) is 7.50. The Morgan fingerprint density at radius 3 is 2.83 bits per heavy atom. The third-order valence-electron chi connectivity index (χ3n) is 5.30. The Kier molecular flexibility index (Phi) is 6.62. The molecule has 2 heterocycles. The first-order chi connectivity index (χ1) is 14.6. The van der Waals surface area contributed by atoms with Crippen LogP contribution in [0, 0.1) is 6.92 Å². The number of carbonyl (C=O) groups is 1. The minimum atomic E-state index is 0.0693. The number of anilines is 1. The summed E-state index contributed by atoms with van der Waals surface area (Å²) in [5.41, 5.74) is 3.04. The molecule has 0 saturated carbocycles. The van der Waals surface area contributed by atoms with Crippen LogP contribution in [0.3, 0.4) is 0 Å². The summed E-state index contributed by atoms with van der Waals surface area (Å²) in [4.78, 5) is 22.3. The van der Waals surface area contributed by atoms with E-state index in [9.17, 15) is 4.79 Å². The van der Waals surface area contributed by atoms with Gasteiger partial charge in [-0.3, -0.25) is 14.6 Å². The van der Waals surface area contributed by atoms with Crippen molar-refractivity contribution in [2.24, 2.45) is 0 Å². The van der Waals surface area contributed by atoms with Gasteiger partial charge < -0.3 is 9.47 Å². The minimum absolute atomic E-state index is 0.0693. The van der Waals surface area contributed by atoms with Gasteiger partial charge in [0.1, 0.15) is 5.75 Å². The Morgan fingerprint density at radius 1 is 1.23 bits per heavy atom. The normalized spacial score (nSPS) is 14.7. The third kappa shape index (κ3) is 4.98. The smallest absolute Gasteiger partial charge is 0.233 e. The lowest BCUT2D eigenvalue weighted by Gasteiger charge is -2.29. The number of ether oxygens (including phenoxy) is 2. The molecule has 7 heteroatoms. The van der Waals surface area contributed by atoms with Crippen molar-refractivity contribution in [3.8, 4) is 5.75 Å². The van der Waals surface area contributed by atoms with E-state index in [1.165, 1.54) is 0 Å². The van der Waals surface area contributed by atoms with Gasteiger partial charge in [0.2, 0.25) is 5.91 Å². The highest BCUT2D eigenvalue weighted by Crippen LogP contribution is 2.31. The number of fused-ring (bicyclic) bond motifs is 1. The van der Waals surface area contributed by atoms with Crippen molar-refractivity contribution in [2.75, 3.05) is 51.4 Å². The van der Waals surface area contributed by atoms with Crippen LogP contribution < -0.4 is 9.64 Å². The van der Waals surface area contributed by atoms with Crippen LogP contribution in [0.15, 0.2) is 42.5 Å². The van der Waals surface area contributed by atoms with E-state index in [0.29, 0.717) is 13.0 Å². The molecule has 0 aliphatic carbocycles. The molecule has 1 amide bonds. The highest BCUT2D eigenvalue weighted by molar-refractivity contribution is 7.22. The zero-order valence-electron chi connectivity index (χ0n) is 17.5. The molecule has 1 saturated heterocycles. The van der Waals surface area contributed by atoms with Gasteiger partial charge in [-0.2, -0.15) is 0 Å². The summed E-state index contributed by atoms with van der Waals surface area (Å²) < 4.78 is 11.8. The lowest BCUT2D eigenvalue weighted by molar-refractivity contribution is -0.118. The number of amides is 1. The second kappa shape index (κ2) is 9.55. The predicted octanol–water partition coefficient (Wildman–Crippen LogP) is 3.52. The number of aryl methyl sites for hydroxylation is 1. The van der Waals surface area contributed by atoms with Crippen molar-refractivity contribution >= 4 is 32.6 Å². The van der Waals surface area contributed by atoms with Crippen LogP contribution >= 0.6 is 11.3 Å². The Bertz CT molecular complexity index is 1010. The minimum Gasteiger partial charge on any atom is -0.497 e. The fourth-order valence-corrected chi connectivity index (χ4v) is 4.61. The van der Waals surface area contributed by atoms with Gasteiger partial charge in [-0.25, -0.2) is 4.98 Å². The highest BCUT2D eigenvalue weighted by Gasteiger charge is 2.22. The van der Waals surface area contributed by atoms with Gasteiger partial charge >= 0.3 is 0 Å². The summed E-state index contributed by atoms with van der Waals surface area (Å²) in [7, 11) is 1.65. The van der Waals surface area contributed by atoms with Crippen LogP contribution in [0.25, 0.3) is 10.2 Å². The van der Waals surface area contributed by atoms with Gasteiger partial charge in [-0.15, -0.1) is 0 Å². The van der Waals surface area contributed by atoms with Crippen LogP contribution in [0.4, 0.5) is 5.13 Å². The maximum Gasteiger partial charge on any atom is 0.233 e. The molecule has 0 unspecified atom stereocenters. The number of aromatic nitrogens is 1. The molecule has 1 aliphatic heterocycles. The maximum atomic E-state index is 13.3. The molecule has 1 fully saturated rings. The number of hydrogen-bond acceptors (Lipinski definition) is 6. The quantitative estimate of drug-likeness (QED) is 0.580. The maximum absolute atomic E-state index is 13.3. The van der Waals surface area contributed by atoms with Gasteiger partial charge in [-0.1, -0.05) is 41.2 Å². The summed E-state index contributed by atoms with van der Waals surface area (Å²) in [6, 6.07) is 14.0. The lowest BCUT2D eigenvalue weighted by atomic mass is 10.1. The molecule has 4 rings (SSSR count). The molecule has 1 aromatic heterocycles. The number of thiazole rings is 1. The number of carbonyl (C=O) groups excluding carboxylic acids is 1. The number of nitrogens with zero attached hydrogens (tertiary/aromatic N) is 3. The summed E-state index contributed by atoms with van der Waals surface area (Å²) in [5.74, 6) is 0.838. The topological polar surface area (TPSA) is 54.9 Å². The first-order valence-electron chi connectivity index (χ1n) is 10.2. The van der Waals surface area contributed by atoms with E-state index in [-0.39, 0.29) is 5.91 Å². The van der Waals surface area contributed by atoms with Gasteiger partial charge in [-0.05, 0) is 24.6 Å². The summed E-state index contributed by atoms with van der Waals surface area (Å²) in [6.45, 7) is 6.76. The monoisotopic (exact) mass is 425 g/mol. The van der Waals surface area contributed by atoms with Crippen molar-refractivity contribution in [1.82, 2.24) is 9.88 Å². The van der Waals surface area contributed by atoms with Gasteiger partial charge in [0.15, 0.2) is 5.13 Å². The predicted molar refractivity (Wildman–Crippen MR) is 121 cm³/mol. The molecule has 1 aliphatic rings. The van der Waals surface area contributed by atoms with Crippen LogP contribution in [0.5, 0.6) is 5.75 Å². The lowest BCUT2D eigenvalue weighted by Crippen LogP contribution is -2.43. The SMILES string of the molecule is COc1ccc2sc(N(CCN3CCOCC3)C(=O)Cc3cccc(C)c3)nc2c1. The number of methoxy groups -OCH3 is 1. The van der Waals surface area contributed by atoms with Gasteiger partial charge in [0.05, 0.1) is 37.0 Å². The molecule has 6 nitrogen and oxygen atoms in total. The number of rotatable bonds is 7. The molecule has 0 N–H and O–H groups in total. The zero-order chi connectivity index (χ0) is 20.9. The van der Waals surface area contributed by atoms with Crippen molar-refractivity contribution in [3.63, 3.8) is 0 Å². The number of hydrogen-bond donors (Lipinski definition) is 0. The van der Waals surface area contributed by atoms with Crippen LogP contribution in [-0.4, -0.2) is 62.3 Å². The van der Waals surface area contributed by atoms with Crippen molar-refractivity contribution in [3.05, 3.63) is 53.6 Å². The number of benzene rings is 2. The molecule has 2 aromatic carbocycles. The Labute approximate surface area is 181 Å². The summed E-state index contributed by atoms with van der Waals surface area (Å²) >= 11 is 1.55. The molecule has 0 atom stereocenters. The third-order valence-corrected chi connectivity index (χ3v) is 6.36. The standard InChI is InChI=1S/C23H27N3O3S/c1-17-4-3-5-18(14-17)15-22(27)26(9-8-25-10-12-29-13-11-25)23-24-20-16-19(28-2)6-7-21(20)30-23/h3-7,14,16H,8-13,15H2,1-2H3. The zero-order valence-corrected chi connectivity index (χ0v) is 18.3. The van der Waals surface area contributed by atoms with Crippen molar-refractivity contribution < 1.29 is 14.3 Å². The fraction of sp³-hybridized carbons (Fsp3) is 0.391. The Balaban J connectivity index is 1.57. The first-order valence-corrected chi connectivity index (χ1v) is 11.0. The molecular formula is C23H27N3O3S. The van der Waals surface area contributed by atoms with Crippen LogP contribution in [0.1, 0.15) is 11.1 Å². The van der Waals surface area contributed by atoms with Crippen LogP contribution in [0.2, 0.25) is 0 Å². The van der Waals surface area contributed by atoms with E-state index in [1.54, 1.807) is 18.4 Å². The van der Waals surface area contributed by atoms with E-state index >= 15 is 0 Å². The average Bonchev–Trinajstić information content (AvgIpc) is 3.17. The molecular weight excluding hydrogens is 398 g/mol. The van der Waals surface area contributed by atoms with Crippen molar-refractivity contribution in [2.45, 2.75) is 13.3 Å². The molecule has 3 aromatic rings. The van der Waals surface area contributed by atoms with E-state index < -0.39 is 0 Å². The molecule has 0 bridgehead atoms. The van der Waals surface area contributed by atoms with Crippen molar-refractivity contribution in [1.29, 1.82) is 0 Å². The second-order valence-corrected chi connectivity index (χ2v) is 8.50. The first kappa shape index (κ1) is 20.8. The van der Waals surface area contributed by atoms with Crippen LogP contribution in [-0.2, 0) is 16.0 Å². The molecule has 30 heavy (non-hydrogen) atoms. The Hall–Kier alpha value is -2.48.